The number of rotatable bonds is 8. The van der Waals surface area contributed by atoms with E-state index in [0.29, 0.717) is 42.4 Å². The van der Waals surface area contributed by atoms with Gasteiger partial charge in [0.2, 0.25) is 5.88 Å². The van der Waals surface area contributed by atoms with Gasteiger partial charge < -0.3 is 29.2 Å². The van der Waals surface area contributed by atoms with E-state index >= 15 is 0 Å². The lowest BCUT2D eigenvalue weighted by molar-refractivity contribution is -0.921. The first kappa shape index (κ1) is 33.1. The predicted molar refractivity (Wildman–Crippen MR) is 184 cm³/mol. The van der Waals surface area contributed by atoms with Gasteiger partial charge in [-0.1, -0.05) is 41.5 Å². The fraction of sp³-hybridized carbons (Fsp3) is 0.257. The lowest BCUT2D eigenvalue weighted by Gasteiger charge is -2.28. The maximum Gasteiger partial charge on any atom is 0.259 e. The van der Waals surface area contributed by atoms with Crippen LogP contribution in [0.25, 0.3) is 11.4 Å². The quantitative estimate of drug-likeness (QED) is 0.183. The molecule has 0 amide bonds. The highest BCUT2D eigenvalue weighted by Gasteiger charge is 2.31. The lowest BCUT2D eigenvalue weighted by atomic mass is 9.85. The smallest absolute Gasteiger partial charge is 0.259 e. The molecule has 1 aliphatic rings. The van der Waals surface area contributed by atoms with Crippen molar-refractivity contribution < 1.29 is 24.6 Å². The van der Waals surface area contributed by atoms with E-state index in [1.165, 1.54) is 14.0 Å². The molecule has 1 aliphatic heterocycles. The number of nitrogens with zero attached hydrogens (tertiary/aromatic N) is 2. The van der Waals surface area contributed by atoms with Gasteiger partial charge in [-0.2, -0.15) is 0 Å². The zero-order chi connectivity index (χ0) is 34.1. The number of aromatic hydroxyl groups is 1. The van der Waals surface area contributed by atoms with Crippen LogP contribution in [0.2, 0.25) is 0 Å². The molecule has 0 spiro atoms. The standard InChI is InChI=1S/C35H35N5O6S2/c1-20-4-9-24(10-5-20)39-32(43)28(30(41)36-34(39)47)27(22-8-13-26(45-3)23(18-22)19-38-14-16-46-17-15-38)29-31(42)37-35(48)40(33(29)44)25-11-6-21(2)7-12-25/h4-13,18,27,43-44H,14-17,19H2,1-3H3,(H,36,41,47)(H,37,42,48). The number of aryl methyl sites for hydroxylation is 2. The third-order valence-electron chi connectivity index (χ3n) is 8.66. The average Bonchev–Trinajstić information content (AvgIpc) is 3.06. The maximum absolute atomic E-state index is 14.5. The maximum atomic E-state index is 14.5. The number of aromatic amines is 2. The summed E-state index contributed by atoms with van der Waals surface area (Å²) in [7, 11) is 1.57. The zero-order valence-corrected chi connectivity index (χ0v) is 28.3. The molecule has 1 unspecified atom stereocenters. The van der Waals surface area contributed by atoms with E-state index < -0.39 is 28.8 Å². The molecule has 13 heteroatoms. The Labute approximate surface area is 286 Å². The first-order chi connectivity index (χ1) is 23.1. The van der Waals surface area contributed by atoms with Gasteiger partial charge in [-0.3, -0.25) is 24.1 Å². The third-order valence-corrected chi connectivity index (χ3v) is 9.23. The molecule has 3 aromatic carbocycles. The number of methoxy groups -OCH3 is 1. The summed E-state index contributed by atoms with van der Waals surface area (Å²) in [5.41, 5.74) is 2.03. The van der Waals surface area contributed by atoms with Gasteiger partial charge in [-0.05, 0) is 86.1 Å². The van der Waals surface area contributed by atoms with Crippen LogP contribution in [0.1, 0.15) is 39.3 Å². The number of quaternary nitrogens is 1. The second-order valence-corrected chi connectivity index (χ2v) is 12.6. The minimum absolute atomic E-state index is 0.0536. The van der Waals surface area contributed by atoms with Crippen molar-refractivity contribution in [3.63, 3.8) is 0 Å². The molecule has 1 atom stereocenters. The topological polar surface area (TPSA) is 142 Å². The Hall–Kier alpha value is -4.82. The summed E-state index contributed by atoms with van der Waals surface area (Å²) in [5, 5.41) is 26.4. The lowest BCUT2D eigenvalue weighted by Crippen LogP contribution is -3.12. The Morgan fingerprint density at radius 1 is 0.875 bits per heavy atom. The fourth-order valence-corrected chi connectivity index (χ4v) is 6.71. The Morgan fingerprint density at radius 2 is 1.42 bits per heavy atom. The second-order valence-electron chi connectivity index (χ2n) is 11.9. The molecule has 5 aromatic rings. The van der Waals surface area contributed by atoms with Crippen molar-refractivity contribution in [1.29, 1.82) is 0 Å². The molecule has 0 aliphatic carbocycles. The SMILES string of the molecule is COc1ccc(C(c2c([O-])n(-c3ccc(C)cc3)c(=S)[nH]c2=O)c2c(O)n(-c3ccc(C)cc3)c(=S)[nH]c2=O)cc1C[NH+]1CCOCC1. The number of benzene rings is 3. The van der Waals surface area contributed by atoms with Gasteiger partial charge in [-0.25, -0.2) is 0 Å². The number of nitrogens with one attached hydrogen (secondary N) is 3. The summed E-state index contributed by atoms with van der Waals surface area (Å²) in [5.74, 6) is -1.96. The van der Waals surface area contributed by atoms with Gasteiger partial charge in [0.05, 0.1) is 37.5 Å². The summed E-state index contributed by atoms with van der Waals surface area (Å²) in [4.78, 5) is 34.4. The molecule has 1 fully saturated rings. The minimum atomic E-state index is -1.34. The van der Waals surface area contributed by atoms with E-state index in [1.54, 1.807) is 43.5 Å². The van der Waals surface area contributed by atoms with Crippen LogP contribution in [0, 0.1) is 23.4 Å². The van der Waals surface area contributed by atoms with Gasteiger partial charge in [0, 0.05) is 16.8 Å². The predicted octanol–water partition coefficient (Wildman–Crippen LogP) is 3.10. The van der Waals surface area contributed by atoms with Crippen LogP contribution < -0.4 is 25.9 Å². The van der Waals surface area contributed by atoms with Crippen molar-refractivity contribution in [2.45, 2.75) is 26.3 Å². The van der Waals surface area contributed by atoms with E-state index in [-0.39, 0.29) is 20.7 Å². The first-order valence-electron chi connectivity index (χ1n) is 15.4. The molecule has 1 saturated heterocycles. The van der Waals surface area contributed by atoms with Crippen LogP contribution >= 0.6 is 24.4 Å². The summed E-state index contributed by atoms with van der Waals surface area (Å²) >= 11 is 11.0. The zero-order valence-electron chi connectivity index (χ0n) is 26.7. The van der Waals surface area contributed by atoms with E-state index in [4.69, 9.17) is 33.9 Å². The highest BCUT2D eigenvalue weighted by molar-refractivity contribution is 7.71. The largest absolute Gasteiger partial charge is 0.859 e. The van der Waals surface area contributed by atoms with Gasteiger partial charge >= 0.3 is 0 Å². The molecule has 6 rings (SSSR count). The third kappa shape index (κ3) is 6.37. The normalized spacial score (nSPS) is 14.1. The van der Waals surface area contributed by atoms with Crippen LogP contribution in [0.3, 0.4) is 0 Å². The number of hydrogen-bond donors (Lipinski definition) is 4. The van der Waals surface area contributed by atoms with Crippen molar-refractivity contribution in [3.8, 4) is 28.9 Å². The van der Waals surface area contributed by atoms with Gasteiger partial charge in [-0.15, -0.1) is 0 Å². The first-order valence-corrected chi connectivity index (χ1v) is 16.3. The number of morpholine rings is 1. The van der Waals surface area contributed by atoms with E-state index in [0.717, 1.165) is 29.8 Å². The Kier molecular flexibility index (Phi) is 9.47. The summed E-state index contributed by atoms with van der Waals surface area (Å²) < 4.78 is 13.6. The minimum Gasteiger partial charge on any atom is -0.859 e. The Balaban J connectivity index is 1.66. The van der Waals surface area contributed by atoms with Crippen LogP contribution in [-0.4, -0.2) is 57.6 Å². The van der Waals surface area contributed by atoms with Crippen molar-refractivity contribution in [3.05, 3.63) is 130 Å². The Morgan fingerprint density at radius 3 is 2.00 bits per heavy atom. The van der Waals surface area contributed by atoms with Gasteiger partial charge in [0.25, 0.3) is 11.1 Å². The molecular formula is C35H35N5O6S2. The fourth-order valence-electron chi connectivity index (χ4n) is 6.15. The van der Waals surface area contributed by atoms with Crippen LogP contribution in [0.4, 0.5) is 0 Å². The van der Waals surface area contributed by atoms with Gasteiger partial charge in [0.15, 0.2) is 9.54 Å². The van der Waals surface area contributed by atoms with Crippen LogP contribution in [-0.2, 0) is 11.3 Å². The molecule has 248 valence electrons. The van der Waals surface area contributed by atoms with Crippen LogP contribution in [0.15, 0.2) is 76.3 Å². The molecule has 2 aromatic heterocycles. The van der Waals surface area contributed by atoms with Crippen molar-refractivity contribution >= 4 is 24.4 Å². The monoisotopic (exact) mass is 685 g/mol. The second kappa shape index (κ2) is 13.7. The number of hydrogen-bond acceptors (Lipinski definition) is 8. The van der Waals surface area contributed by atoms with E-state index in [9.17, 15) is 19.8 Å². The highest BCUT2D eigenvalue weighted by atomic mass is 32.1. The molecule has 48 heavy (non-hydrogen) atoms. The van der Waals surface area contributed by atoms with Crippen molar-refractivity contribution in [2.75, 3.05) is 33.4 Å². The molecule has 3 heterocycles. The Bertz CT molecular complexity index is 2090. The summed E-state index contributed by atoms with van der Waals surface area (Å²) in [6.07, 6.45) is 0. The van der Waals surface area contributed by atoms with Crippen LogP contribution in [0.5, 0.6) is 17.5 Å². The molecule has 4 N–H and O–H groups in total. The van der Waals surface area contributed by atoms with Gasteiger partial charge in [0.1, 0.15) is 25.4 Å². The molecule has 0 bridgehead atoms. The van der Waals surface area contributed by atoms with E-state index in [2.05, 4.69) is 9.97 Å². The number of ether oxygens (including phenoxy) is 2. The van der Waals surface area contributed by atoms with Crippen molar-refractivity contribution in [1.82, 2.24) is 19.1 Å². The number of aromatic nitrogens is 4. The number of H-pyrrole nitrogens is 2. The highest BCUT2D eigenvalue weighted by Crippen LogP contribution is 2.39. The summed E-state index contributed by atoms with van der Waals surface area (Å²) in [6.45, 7) is 7.22. The molecule has 11 nitrogen and oxygen atoms in total. The molecular weight excluding hydrogens is 651 g/mol. The molecule has 0 saturated carbocycles. The average molecular weight is 686 g/mol. The summed E-state index contributed by atoms with van der Waals surface area (Å²) in [6, 6.07) is 19.5. The van der Waals surface area contributed by atoms with Crippen molar-refractivity contribution in [2.24, 2.45) is 0 Å². The van der Waals surface area contributed by atoms with E-state index in [1.807, 2.05) is 44.2 Å². The molecule has 0 radical (unpaired) electrons.